The minimum atomic E-state index is -0.432. The standard InChI is InChI=1S/C23H36O2/c1-4-5-11-23(25)14-10-20-18-7-6-16-15-17(24)8-12-21(16,2)19(18)9-13-22(20,23)3/h15,18-20,25H,4-14H2,1-3H3/t18-,19-,20+,21+,22+,23?/m1/s1. The summed E-state index contributed by atoms with van der Waals surface area (Å²) in [5.41, 5.74) is 1.39. The number of carbonyl (C=O) groups is 1. The topological polar surface area (TPSA) is 37.3 Å². The molecule has 1 unspecified atom stereocenters. The van der Waals surface area contributed by atoms with E-state index in [-0.39, 0.29) is 10.8 Å². The van der Waals surface area contributed by atoms with Crippen molar-refractivity contribution < 1.29 is 9.90 Å². The first-order chi connectivity index (χ1) is 11.8. The third kappa shape index (κ3) is 2.42. The highest BCUT2D eigenvalue weighted by molar-refractivity contribution is 5.91. The molecule has 4 aliphatic rings. The molecule has 4 rings (SSSR count). The summed E-state index contributed by atoms with van der Waals surface area (Å²) in [6, 6.07) is 0. The lowest BCUT2D eigenvalue weighted by atomic mass is 9.46. The van der Waals surface area contributed by atoms with E-state index in [9.17, 15) is 9.90 Å². The number of aliphatic hydroxyl groups is 1. The first-order valence-electron chi connectivity index (χ1n) is 10.8. The van der Waals surface area contributed by atoms with Gasteiger partial charge in [0.25, 0.3) is 0 Å². The van der Waals surface area contributed by atoms with Gasteiger partial charge in [0.15, 0.2) is 5.78 Å². The Kier molecular flexibility index (Phi) is 4.22. The molecule has 2 nitrogen and oxygen atoms in total. The molecule has 0 aromatic heterocycles. The fourth-order valence-electron chi connectivity index (χ4n) is 7.55. The molecule has 0 aromatic rings. The highest BCUT2D eigenvalue weighted by Gasteiger charge is 2.63. The number of rotatable bonds is 3. The van der Waals surface area contributed by atoms with Crippen molar-refractivity contribution in [1.29, 1.82) is 0 Å². The molecular weight excluding hydrogens is 308 g/mol. The molecule has 2 heteroatoms. The highest BCUT2D eigenvalue weighted by atomic mass is 16.3. The molecule has 3 fully saturated rings. The van der Waals surface area contributed by atoms with Crippen LogP contribution in [0.2, 0.25) is 0 Å². The fraction of sp³-hybridized carbons (Fsp3) is 0.870. The Balaban J connectivity index is 1.62. The van der Waals surface area contributed by atoms with Gasteiger partial charge < -0.3 is 5.11 Å². The van der Waals surface area contributed by atoms with Gasteiger partial charge in [0, 0.05) is 6.42 Å². The molecule has 0 aromatic carbocycles. The van der Waals surface area contributed by atoms with Crippen LogP contribution in [-0.4, -0.2) is 16.5 Å². The monoisotopic (exact) mass is 344 g/mol. The Morgan fingerprint density at radius 3 is 2.60 bits per heavy atom. The van der Waals surface area contributed by atoms with Gasteiger partial charge in [-0.3, -0.25) is 4.79 Å². The Hall–Kier alpha value is -0.630. The van der Waals surface area contributed by atoms with Crippen molar-refractivity contribution in [2.45, 2.75) is 97.0 Å². The average molecular weight is 345 g/mol. The summed E-state index contributed by atoms with van der Waals surface area (Å²) in [5.74, 6) is 2.52. The van der Waals surface area contributed by atoms with Crippen LogP contribution in [0.15, 0.2) is 11.6 Å². The predicted molar refractivity (Wildman–Crippen MR) is 101 cm³/mol. The molecule has 1 N–H and O–H groups in total. The molecule has 0 saturated heterocycles. The second-order valence-corrected chi connectivity index (χ2v) is 10.1. The van der Waals surface area contributed by atoms with E-state index < -0.39 is 5.60 Å². The van der Waals surface area contributed by atoms with Gasteiger partial charge in [-0.2, -0.15) is 0 Å². The van der Waals surface area contributed by atoms with Crippen LogP contribution in [0, 0.1) is 28.6 Å². The first kappa shape index (κ1) is 17.8. The van der Waals surface area contributed by atoms with Crippen LogP contribution in [-0.2, 0) is 4.79 Å². The van der Waals surface area contributed by atoms with Crippen molar-refractivity contribution in [2.24, 2.45) is 28.6 Å². The number of hydrogen-bond acceptors (Lipinski definition) is 2. The Morgan fingerprint density at radius 2 is 1.84 bits per heavy atom. The summed E-state index contributed by atoms with van der Waals surface area (Å²) in [6.45, 7) is 7.09. The quantitative estimate of drug-likeness (QED) is 0.740. The molecule has 0 heterocycles. The molecule has 140 valence electrons. The molecule has 0 amide bonds. The molecule has 0 radical (unpaired) electrons. The molecule has 0 bridgehead atoms. The van der Waals surface area contributed by atoms with Crippen LogP contribution in [0.1, 0.15) is 91.4 Å². The minimum Gasteiger partial charge on any atom is -0.389 e. The van der Waals surface area contributed by atoms with Crippen molar-refractivity contribution in [3.63, 3.8) is 0 Å². The SMILES string of the molecule is CCCCC1(O)CC[C@H]2[C@@H]3CCC4=CC(=O)CC[C@]4(C)[C@@H]3CC[C@@]21C. The van der Waals surface area contributed by atoms with E-state index in [0.717, 1.165) is 50.4 Å². The molecule has 4 aliphatic carbocycles. The lowest BCUT2D eigenvalue weighted by Gasteiger charge is -2.59. The number of allylic oxidation sites excluding steroid dienone is 1. The molecule has 6 atom stereocenters. The van der Waals surface area contributed by atoms with Gasteiger partial charge in [-0.1, -0.05) is 39.2 Å². The first-order valence-corrected chi connectivity index (χ1v) is 10.8. The van der Waals surface area contributed by atoms with Crippen molar-refractivity contribution in [2.75, 3.05) is 0 Å². The summed E-state index contributed by atoms with van der Waals surface area (Å²) in [4.78, 5) is 11.9. The van der Waals surface area contributed by atoms with Gasteiger partial charge in [-0.15, -0.1) is 0 Å². The van der Waals surface area contributed by atoms with Gasteiger partial charge in [0.05, 0.1) is 5.60 Å². The molecule has 0 spiro atoms. The van der Waals surface area contributed by atoms with Gasteiger partial charge in [-0.05, 0) is 86.0 Å². The normalized spacial score (nSPS) is 49.2. The van der Waals surface area contributed by atoms with Crippen LogP contribution < -0.4 is 0 Å². The van der Waals surface area contributed by atoms with E-state index in [1.807, 2.05) is 6.08 Å². The van der Waals surface area contributed by atoms with E-state index >= 15 is 0 Å². The second-order valence-electron chi connectivity index (χ2n) is 10.1. The number of fused-ring (bicyclic) bond motifs is 5. The van der Waals surface area contributed by atoms with Gasteiger partial charge >= 0.3 is 0 Å². The van der Waals surface area contributed by atoms with Gasteiger partial charge in [-0.25, -0.2) is 0 Å². The maximum Gasteiger partial charge on any atom is 0.155 e. The van der Waals surface area contributed by atoms with Crippen LogP contribution in [0.25, 0.3) is 0 Å². The van der Waals surface area contributed by atoms with Crippen molar-refractivity contribution in [3.8, 4) is 0 Å². The highest BCUT2D eigenvalue weighted by Crippen LogP contribution is 2.68. The number of carbonyl (C=O) groups excluding carboxylic acids is 1. The fourth-order valence-corrected chi connectivity index (χ4v) is 7.55. The van der Waals surface area contributed by atoms with Gasteiger partial charge in [0.2, 0.25) is 0 Å². The van der Waals surface area contributed by atoms with E-state index in [2.05, 4.69) is 20.8 Å². The van der Waals surface area contributed by atoms with E-state index in [1.165, 1.54) is 37.7 Å². The third-order valence-electron chi connectivity index (χ3n) is 9.23. The Bertz CT molecular complexity index is 593. The third-order valence-corrected chi connectivity index (χ3v) is 9.23. The molecular formula is C23H36O2. The summed E-state index contributed by atoms with van der Waals surface area (Å²) in [7, 11) is 0. The van der Waals surface area contributed by atoms with E-state index in [4.69, 9.17) is 0 Å². The minimum absolute atomic E-state index is 0.116. The molecule has 25 heavy (non-hydrogen) atoms. The summed E-state index contributed by atoms with van der Waals surface area (Å²) in [6.07, 6.45) is 14.1. The van der Waals surface area contributed by atoms with Crippen molar-refractivity contribution >= 4 is 5.78 Å². The van der Waals surface area contributed by atoms with E-state index in [1.54, 1.807) is 0 Å². The van der Waals surface area contributed by atoms with Crippen LogP contribution in [0.5, 0.6) is 0 Å². The Morgan fingerprint density at radius 1 is 1.08 bits per heavy atom. The van der Waals surface area contributed by atoms with Crippen LogP contribution in [0.4, 0.5) is 0 Å². The molecule has 3 saturated carbocycles. The predicted octanol–water partition coefficient (Wildman–Crippen LogP) is 5.44. The van der Waals surface area contributed by atoms with Crippen molar-refractivity contribution in [3.05, 3.63) is 11.6 Å². The number of hydrogen-bond donors (Lipinski definition) is 1. The lowest BCUT2D eigenvalue weighted by molar-refractivity contribution is -0.133. The molecule has 0 aliphatic heterocycles. The zero-order valence-corrected chi connectivity index (χ0v) is 16.4. The Labute approximate surface area is 153 Å². The zero-order chi connectivity index (χ0) is 17.9. The summed E-state index contributed by atoms with van der Waals surface area (Å²) < 4.78 is 0. The van der Waals surface area contributed by atoms with E-state index in [0.29, 0.717) is 11.7 Å². The number of ketones is 1. The number of unbranched alkanes of at least 4 members (excludes halogenated alkanes) is 1. The summed E-state index contributed by atoms with van der Waals surface area (Å²) in [5, 5.41) is 11.5. The van der Waals surface area contributed by atoms with Crippen LogP contribution >= 0.6 is 0 Å². The maximum absolute atomic E-state index is 11.9. The second kappa shape index (κ2) is 5.94. The zero-order valence-electron chi connectivity index (χ0n) is 16.4. The average Bonchev–Trinajstić information content (AvgIpc) is 2.85. The summed E-state index contributed by atoms with van der Waals surface area (Å²) >= 11 is 0. The smallest absolute Gasteiger partial charge is 0.155 e. The van der Waals surface area contributed by atoms with Gasteiger partial charge in [0.1, 0.15) is 0 Å². The van der Waals surface area contributed by atoms with Crippen molar-refractivity contribution in [1.82, 2.24) is 0 Å². The maximum atomic E-state index is 11.9. The lowest BCUT2D eigenvalue weighted by Crippen LogP contribution is -2.54. The largest absolute Gasteiger partial charge is 0.389 e. The van der Waals surface area contributed by atoms with Crippen LogP contribution in [0.3, 0.4) is 0 Å².